The molecule has 0 saturated heterocycles. The lowest BCUT2D eigenvalue weighted by atomic mass is 10.3. The standard InChI is InChI=1S/C11H11N5S2/c1-14-11-15(8-6-4-3-5-7-8)9(17)12-16(11)10(13-14)18-2/h3-7H,1-2H3. The molecule has 0 aliphatic carbocycles. The zero-order chi connectivity index (χ0) is 12.7. The van der Waals surface area contributed by atoms with Crippen LogP contribution in [0.4, 0.5) is 0 Å². The monoisotopic (exact) mass is 277 g/mol. The van der Waals surface area contributed by atoms with E-state index in [4.69, 9.17) is 12.6 Å². The van der Waals surface area contributed by atoms with E-state index in [2.05, 4.69) is 10.2 Å². The molecule has 3 rings (SSSR count). The maximum Gasteiger partial charge on any atom is 0.381 e. The number of thioether (sulfide) groups is 1. The van der Waals surface area contributed by atoms with Crippen molar-refractivity contribution in [3.63, 3.8) is 0 Å². The van der Waals surface area contributed by atoms with E-state index in [9.17, 15) is 0 Å². The van der Waals surface area contributed by atoms with Crippen LogP contribution in [0.1, 0.15) is 0 Å². The Labute approximate surface area is 114 Å². The van der Waals surface area contributed by atoms with Gasteiger partial charge in [0.15, 0.2) is 0 Å². The molecule has 0 N–H and O–H groups in total. The quantitative estimate of drug-likeness (QED) is 0.397. The first-order valence-electron chi connectivity index (χ1n) is 5.36. The van der Waals surface area contributed by atoms with Crippen molar-refractivity contribution >= 4 is 30.2 Å². The lowest BCUT2D eigenvalue weighted by Gasteiger charge is -2.03. The number of nitrogens with zero attached hydrogens (tertiary/aromatic N) is 5. The van der Waals surface area contributed by atoms with Gasteiger partial charge in [-0.3, -0.25) is 0 Å². The topological polar surface area (TPSA) is 39.0 Å². The summed E-state index contributed by atoms with van der Waals surface area (Å²) >= 11 is 6.88. The molecule has 0 aliphatic heterocycles. The van der Waals surface area contributed by atoms with Crippen LogP contribution in [0.15, 0.2) is 40.6 Å². The van der Waals surface area contributed by atoms with Gasteiger partial charge in [0.05, 0.1) is 12.7 Å². The van der Waals surface area contributed by atoms with Gasteiger partial charge < -0.3 is 12.6 Å². The van der Waals surface area contributed by atoms with Crippen molar-refractivity contribution in [3.05, 3.63) is 30.3 Å². The number of fused-ring (bicyclic) bond motifs is 1. The van der Waals surface area contributed by atoms with E-state index in [1.165, 1.54) is 0 Å². The Morgan fingerprint density at radius 2 is 1.94 bits per heavy atom. The van der Waals surface area contributed by atoms with Crippen molar-refractivity contribution in [2.24, 2.45) is 7.05 Å². The van der Waals surface area contributed by atoms with E-state index in [1.54, 1.807) is 21.0 Å². The molecule has 0 bridgehead atoms. The average molecular weight is 277 g/mol. The molecule has 92 valence electrons. The summed E-state index contributed by atoms with van der Waals surface area (Å²) in [5.74, 6) is 0.857. The molecule has 0 saturated carbocycles. The third-order valence-corrected chi connectivity index (χ3v) is 3.55. The van der Waals surface area contributed by atoms with Gasteiger partial charge >= 0.3 is 5.78 Å². The van der Waals surface area contributed by atoms with Crippen LogP contribution in [0.25, 0.3) is 11.5 Å². The molecule has 0 amide bonds. The number of benzene rings is 1. The number of para-hydroxylation sites is 1. The van der Waals surface area contributed by atoms with Crippen LogP contribution in [0.5, 0.6) is 0 Å². The Kier molecular flexibility index (Phi) is 2.71. The number of hydrogen-bond acceptors (Lipinski definition) is 4. The SMILES string of the molecule is CSc1nn(C)c2n1nc([S-])[n+]2-c1ccccc1. The second-order valence-corrected chi connectivity index (χ2v) is 4.91. The molecular formula is C11H11N5S2. The molecule has 0 fully saturated rings. The number of rotatable bonds is 2. The highest BCUT2D eigenvalue weighted by molar-refractivity contribution is 7.98. The van der Waals surface area contributed by atoms with Gasteiger partial charge in [-0.1, -0.05) is 39.6 Å². The second kappa shape index (κ2) is 4.25. The third kappa shape index (κ3) is 1.58. The van der Waals surface area contributed by atoms with E-state index < -0.39 is 0 Å². The van der Waals surface area contributed by atoms with Gasteiger partial charge in [0.1, 0.15) is 5.16 Å². The van der Waals surface area contributed by atoms with Gasteiger partial charge in [-0.25, -0.2) is 4.57 Å². The van der Waals surface area contributed by atoms with Gasteiger partial charge in [-0.15, -0.1) is 0 Å². The molecule has 2 heterocycles. The second-order valence-electron chi connectivity index (χ2n) is 3.78. The Balaban J connectivity index is 2.36. The van der Waals surface area contributed by atoms with E-state index in [0.29, 0.717) is 5.16 Å². The van der Waals surface area contributed by atoms with Crippen LogP contribution in [0.3, 0.4) is 0 Å². The molecule has 5 nitrogen and oxygen atoms in total. The minimum absolute atomic E-state index is 0.532. The molecule has 1 aromatic carbocycles. The molecule has 7 heteroatoms. The van der Waals surface area contributed by atoms with Crippen LogP contribution >= 0.6 is 11.8 Å². The number of hydrogen-bond donors (Lipinski definition) is 0. The molecular weight excluding hydrogens is 266 g/mol. The summed E-state index contributed by atoms with van der Waals surface area (Å²) in [4.78, 5) is 0. The van der Waals surface area contributed by atoms with Crippen LogP contribution < -0.4 is 4.57 Å². The molecule has 0 unspecified atom stereocenters. The minimum atomic E-state index is 0.532. The Morgan fingerprint density at radius 3 is 2.61 bits per heavy atom. The Morgan fingerprint density at radius 1 is 1.22 bits per heavy atom. The summed E-state index contributed by atoms with van der Waals surface area (Å²) in [5.41, 5.74) is 0.994. The normalized spacial score (nSPS) is 11.2. The zero-order valence-electron chi connectivity index (χ0n) is 9.94. The van der Waals surface area contributed by atoms with Crippen LogP contribution in [-0.2, 0) is 19.7 Å². The predicted octanol–water partition coefficient (Wildman–Crippen LogP) is 0.972. The smallest absolute Gasteiger partial charge is 0.381 e. The first-order chi connectivity index (χ1) is 8.72. The van der Waals surface area contributed by atoms with Crippen molar-refractivity contribution in [3.8, 4) is 5.69 Å². The fourth-order valence-corrected chi connectivity index (χ4v) is 2.68. The van der Waals surface area contributed by atoms with Gasteiger partial charge in [0, 0.05) is 0 Å². The maximum absolute atomic E-state index is 5.34. The molecule has 0 atom stereocenters. The van der Waals surface area contributed by atoms with Gasteiger partial charge in [0.2, 0.25) is 0 Å². The minimum Gasteiger partial charge on any atom is -0.712 e. The molecule has 3 aromatic rings. The summed E-state index contributed by atoms with van der Waals surface area (Å²) in [5, 5.41) is 10.1. The Bertz CT molecular complexity index is 701. The van der Waals surface area contributed by atoms with Crippen molar-refractivity contribution < 1.29 is 4.57 Å². The fraction of sp³-hybridized carbons (Fsp3) is 0.182. The Hall–Kier alpha value is -1.60. The van der Waals surface area contributed by atoms with Crippen LogP contribution in [0, 0.1) is 0 Å². The van der Waals surface area contributed by atoms with Crippen molar-refractivity contribution in [1.82, 2.24) is 19.4 Å². The van der Waals surface area contributed by atoms with Crippen molar-refractivity contribution in [2.45, 2.75) is 10.3 Å². The first-order valence-corrected chi connectivity index (χ1v) is 7.00. The largest absolute Gasteiger partial charge is 0.712 e. The van der Waals surface area contributed by atoms with Crippen LogP contribution in [0.2, 0.25) is 0 Å². The molecule has 0 radical (unpaired) electrons. The zero-order valence-corrected chi connectivity index (χ0v) is 11.6. The average Bonchev–Trinajstić information content (AvgIpc) is 2.87. The lowest BCUT2D eigenvalue weighted by Crippen LogP contribution is -2.34. The third-order valence-electron chi connectivity index (χ3n) is 2.67. The summed E-state index contributed by atoms with van der Waals surface area (Å²) in [7, 11) is 1.89. The van der Waals surface area contributed by atoms with E-state index in [0.717, 1.165) is 16.6 Å². The summed E-state index contributed by atoms with van der Waals surface area (Å²) in [6.45, 7) is 0. The van der Waals surface area contributed by atoms with E-state index >= 15 is 0 Å². The van der Waals surface area contributed by atoms with E-state index in [-0.39, 0.29) is 0 Å². The number of aryl methyl sites for hydroxylation is 1. The van der Waals surface area contributed by atoms with Crippen molar-refractivity contribution in [1.29, 1.82) is 0 Å². The maximum atomic E-state index is 5.34. The molecule has 18 heavy (non-hydrogen) atoms. The van der Waals surface area contributed by atoms with Gasteiger partial charge in [0.25, 0.3) is 5.16 Å². The highest BCUT2D eigenvalue weighted by Crippen LogP contribution is 2.14. The molecule has 0 aliphatic rings. The van der Waals surface area contributed by atoms with Gasteiger partial charge in [-0.2, -0.15) is 4.68 Å². The van der Waals surface area contributed by atoms with E-state index in [1.807, 2.05) is 48.2 Å². The highest BCUT2D eigenvalue weighted by Gasteiger charge is 2.22. The first kappa shape index (κ1) is 11.5. The fourth-order valence-electron chi connectivity index (χ4n) is 1.91. The predicted molar refractivity (Wildman–Crippen MR) is 70.9 cm³/mol. The van der Waals surface area contributed by atoms with Gasteiger partial charge in [-0.05, 0) is 23.5 Å². The summed E-state index contributed by atoms with van der Waals surface area (Å²) in [6.07, 6.45) is 1.97. The summed E-state index contributed by atoms with van der Waals surface area (Å²) < 4.78 is 5.49. The van der Waals surface area contributed by atoms with Crippen LogP contribution in [-0.4, -0.2) is 25.7 Å². The molecule has 2 aromatic heterocycles. The highest BCUT2D eigenvalue weighted by atomic mass is 32.2. The van der Waals surface area contributed by atoms with Crippen molar-refractivity contribution in [2.75, 3.05) is 6.26 Å². The lowest BCUT2D eigenvalue weighted by molar-refractivity contribution is -0.613. The number of aromatic nitrogens is 5. The molecule has 0 spiro atoms. The summed E-state index contributed by atoms with van der Waals surface area (Å²) in [6, 6.07) is 9.94.